The standard InChI is InChI=1S/C13H17BrN2O4/c1-16-6-9(14)5-10(16)12(17)15-11(13(18)19)8-3-2-4-20-7-8/h5-6,8,11H,2-4,7H2,1H3,(H,15,17)(H,18,19). The molecule has 110 valence electrons. The topological polar surface area (TPSA) is 80.6 Å². The molecule has 2 rings (SSSR count). The van der Waals surface area contributed by atoms with Gasteiger partial charge >= 0.3 is 5.97 Å². The molecule has 1 aromatic heterocycles. The van der Waals surface area contributed by atoms with Crippen molar-refractivity contribution in [2.24, 2.45) is 13.0 Å². The van der Waals surface area contributed by atoms with Crippen LogP contribution in [0.3, 0.4) is 0 Å². The fourth-order valence-corrected chi connectivity index (χ4v) is 2.90. The van der Waals surface area contributed by atoms with Gasteiger partial charge in [0.15, 0.2) is 0 Å². The van der Waals surface area contributed by atoms with E-state index in [1.807, 2.05) is 0 Å². The van der Waals surface area contributed by atoms with Crippen LogP contribution in [0.25, 0.3) is 0 Å². The fraction of sp³-hybridized carbons (Fsp3) is 0.538. The number of carboxylic acid groups (broad SMARTS) is 1. The number of halogens is 1. The Morgan fingerprint density at radius 3 is 2.85 bits per heavy atom. The molecule has 0 saturated carbocycles. The summed E-state index contributed by atoms with van der Waals surface area (Å²) in [7, 11) is 1.74. The lowest BCUT2D eigenvalue weighted by atomic mass is 9.93. The molecule has 1 aliphatic heterocycles. The van der Waals surface area contributed by atoms with Gasteiger partial charge in [0, 0.05) is 30.2 Å². The molecular weight excluding hydrogens is 328 g/mol. The van der Waals surface area contributed by atoms with E-state index in [0.717, 1.165) is 17.3 Å². The lowest BCUT2D eigenvalue weighted by Gasteiger charge is -2.28. The summed E-state index contributed by atoms with van der Waals surface area (Å²) >= 11 is 3.29. The monoisotopic (exact) mass is 344 g/mol. The zero-order valence-corrected chi connectivity index (χ0v) is 12.7. The van der Waals surface area contributed by atoms with Crippen LogP contribution in [0.4, 0.5) is 0 Å². The van der Waals surface area contributed by atoms with Crippen LogP contribution in [0.5, 0.6) is 0 Å². The van der Waals surface area contributed by atoms with Crippen LogP contribution in [-0.2, 0) is 16.6 Å². The predicted octanol–water partition coefficient (Wildman–Crippen LogP) is 1.40. The number of nitrogens with one attached hydrogen (secondary N) is 1. The maximum atomic E-state index is 12.2. The summed E-state index contributed by atoms with van der Waals surface area (Å²) in [6.45, 7) is 1.02. The largest absolute Gasteiger partial charge is 0.480 e. The van der Waals surface area contributed by atoms with Crippen molar-refractivity contribution >= 4 is 27.8 Å². The highest BCUT2D eigenvalue weighted by molar-refractivity contribution is 9.10. The van der Waals surface area contributed by atoms with Gasteiger partial charge in [-0.3, -0.25) is 4.79 Å². The van der Waals surface area contributed by atoms with Gasteiger partial charge in [-0.15, -0.1) is 0 Å². The number of carbonyl (C=O) groups excluding carboxylic acids is 1. The van der Waals surface area contributed by atoms with Crippen molar-refractivity contribution < 1.29 is 19.4 Å². The highest BCUT2D eigenvalue weighted by Crippen LogP contribution is 2.19. The van der Waals surface area contributed by atoms with Crippen molar-refractivity contribution in [3.8, 4) is 0 Å². The molecule has 1 aliphatic rings. The minimum atomic E-state index is -1.03. The molecule has 2 heterocycles. The number of ether oxygens (including phenoxy) is 1. The van der Waals surface area contributed by atoms with Crippen LogP contribution in [0.2, 0.25) is 0 Å². The van der Waals surface area contributed by atoms with Crippen molar-refractivity contribution in [2.75, 3.05) is 13.2 Å². The Kier molecular flexibility index (Phi) is 4.82. The minimum Gasteiger partial charge on any atom is -0.480 e. The van der Waals surface area contributed by atoms with Crippen LogP contribution in [-0.4, -0.2) is 40.8 Å². The van der Waals surface area contributed by atoms with E-state index < -0.39 is 17.9 Å². The minimum absolute atomic E-state index is 0.186. The highest BCUT2D eigenvalue weighted by Gasteiger charge is 2.32. The molecule has 0 spiro atoms. The van der Waals surface area contributed by atoms with Crippen LogP contribution < -0.4 is 5.32 Å². The van der Waals surface area contributed by atoms with Crippen molar-refractivity contribution in [1.82, 2.24) is 9.88 Å². The van der Waals surface area contributed by atoms with Crippen LogP contribution in [0.15, 0.2) is 16.7 Å². The van der Waals surface area contributed by atoms with Gasteiger partial charge in [0.05, 0.1) is 6.61 Å². The number of aryl methyl sites for hydroxylation is 1. The number of aromatic nitrogens is 1. The van der Waals surface area contributed by atoms with E-state index in [-0.39, 0.29) is 5.92 Å². The molecular formula is C13H17BrN2O4. The van der Waals surface area contributed by atoms with E-state index in [2.05, 4.69) is 21.2 Å². The zero-order chi connectivity index (χ0) is 14.7. The number of carboxylic acids is 1. The summed E-state index contributed by atoms with van der Waals surface area (Å²) in [5.74, 6) is -1.60. The second-order valence-electron chi connectivity index (χ2n) is 4.92. The Bertz CT molecular complexity index is 508. The molecule has 0 aromatic carbocycles. The molecule has 1 fully saturated rings. The first kappa shape index (κ1) is 15.1. The van der Waals surface area contributed by atoms with Gasteiger partial charge in [0.1, 0.15) is 11.7 Å². The van der Waals surface area contributed by atoms with Crippen molar-refractivity contribution in [3.05, 3.63) is 22.4 Å². The molecule has 6 nitrogen and oxygen atoms in total. The van der Waals surface area contributed by atoms with Gasteiger partial charge in [-0.2, -0.15) is 0 Å². The zero-order valence-electron chi connectivity index (χ0n) is 11.1. The van der Waals surface area contributed by atoms with Gasteiger partial charge in [-0.1, -0.05) is 0 Å². The van der Waals surface area contributed by atoms with Gasteiger partial charge in [0.25, 0.3) is 5.91 Å². The summed E-state index contributed by atoms with van der Waals surface area (Å²) in [5.41, 5.74) is 0.417. The van der Waals surface area contributed by atoms with Crippen molar-refractivity contribution in [2.45, 2.75) is 18.9 Å². The molecule has 1 aromatic rings. The number of hydrogen-bond acceptors (Lipinski definition) is 3. The normalized spacial score (nSPS) is 20.4. The molecule has 7 heteroatoms. The summed E-state index contributed by atoms with van der Waals surface area (Å²) in [6.07, 6.45) is 3.31. The van der Waals surface area contributed by atoms with Gasteiger partial charge < -0.3 is 19.7 Å². The number of aliphatic carboxylic acids is 1. The Morgan fingerprint density at radius 1 is 1.60 bits per heavy atom. The Balaban J connectivity index is 2.09. The average Bonchev–Trinajstić information content (AvgIpc) is 2.75. The number of hydrogen-bond donors (Lipinski definition) is 2. The number of nitrogens with zero attached hydrogens (tertiary/aromatic N) is 1. The van der Waals surface area contributed by atoms with E-state index in [1.165, 1.54) is 0 Å². The quantitative estimate of drug-likeness (QED) is 0.864. The average molecular weight is 345 g/mol. The summed E-state index contributed by atoms with van der Waals surface area (Å²) in [4.78, 5) is 23.5. The molecule has 2 atom stereocenters. The van der Waals surface area contributed by atoms with Crippen LogP contribution in [0, 0.1) is 5.92 Å². The first-order chi connectivity index (χ1) is 9.49. The predicted molar refractivity (Wildman–Crippen MR) is 75.5 cm³/mol. The second-order valence-corrected chi connectivity index (χ2v) is 5.84. The number of amides is 1. The molecule has 2 N–H and O–H groups in total. The van der Waals surface area contributed by atoms with E-state index in [9.17, 15) is 14.7 Å². The van der Waals surface area contributed by atoms with Crippen molar-refractivity contribution in [1.29, 1.82) is 0 Å². The molecule has 2 unspecified atom stereocenters. The summed E-state index contributed by atoms with van der Waals surface area (Å²) in [6, 6.07) is 0.738. The Labute approximate surface area is 125 Å². The van der Waals surface area contributed by atoms with E-state index in [0.29, 0.717) is 18.9 Å². The van der Waals surface area contributed by atoms with E-state index in [1.54, 1.807) is 23.9 Å². The van der Waals surface area contributed by atoms with Gasteiger partial charge in [-0.25, -0.2) is 4.79 Å². The van der Waals surface area contributed by atoms with Crippen LogP contribution in [0.1, 0.15) is 23.3 Å². The number of carbonyl (C=O) groups is 2. The molecule has 0 radical (unpaired) electrons. The third-order valence-corrected chi connectivity index (χ3v) is 3.86. The van der Waals surface area contributed by atoms with E-state index in [4.69, 9.17) is 4.74 Å². The van der Waals surface area contributed by atoms with Crippen molar-refractivity contribution in [3.63, 3.8) is 0 Å². The third-order valence-electron chi connectivity index (χ3n) is 3.42. The number of rotatable bonds is 4. The SMILES string of the molecule is Cn1cc(Br)cc1C(=O)NC(C(=O)O)C1CCCOC1. The maximum Gasteiger partial charge on any atom is 0.326 e. The van der Waals surface area contributed by atoms with Crippen LogP contribution >= 0.6 is 15.9 Å². The van der Waals surface area contributed by atoms with Gasteiger partial charge in [0.2, 0.25) is 0 Å². The van der Waals surface area contributed by atoms with E-state index >= 15 is 0 Å². The first-order valence-electron chi connectivity index (χ1n) is 6.42. The first-order valence-corrected chi connectivity index (χ1v) is 7.21. The summed E-state index contributed by atoms with van der Waals surface area (Å²) in [5, 5.41) is 11.9. The molecule has 0 bridgehead atoms. The molecule has 20 heavy (non-hydrogen) atoms. The molecule has 1 saturated heterocycles. The second kappa shape index (κ2) is 6.41. The maximum absolute atomic E-state index is 12.2. The highest BCUT2D eigenvalue weighted by atomic mass is 79.9. The molecule has 1 amide bonds. The Morgan fingerprint density at radius 2 is 2.35 bits per heavy atom. The third kappa shape index (κ3) is 3.40. The lowest BCUT2D eigenvalue weighted by molar-refractivity contribution is -0.142. The lowest BCUT2D eigenvalue weighted by Crippen LogP contribution is -2.48. The smallest absolute Gasteiger partial charge is 0.326 e. The fourth-order valence-electron chi connectivity index (χ4n) is 2.37. The molecule has 0 aliphatic carbocycles. The van der Waals surface area contributed by atoms with Gasteiger partial charge in [-0.05, 0) is 34.8 Å². The Hall–Kier alpha value is -1.34. The summed E-state index contributed by atoms with van der Waals surface area (Å²) < 4.78 is 7.73.